The van der Waals surface area contributed by atoms with E-state index in [1.165, 1.54) is 10.9 Å². The van der Waals surface area contributed by atoms with Crippen LogP contribution in [0.4, 0.5) is 4.39 Å². The molecule has 0 saturated heterocycles. The molecule has 0 aliphatic rings. The Balaban J connectivity index is 2.32. The number of hydrogen-bond donors (Lipinski definition) is 1. The third-order valence-electron chi connectivity index (χ3n) is 3.22. The molecule has 0 bridgehead atoms. The molecule has 1 atom stereocenters. The van der Waals surface area contributed by atoms with Gasteiger partial charge in [-0.15, -0.1) is 11.3 Å². The summed E-state index contributed by atoms with van der Waals surface area (Å²) in [4.78, 5) is 5.77. The van der Waals surface area contributed by atoms with Gasteiger partial charge in [0.15, 0.2) is 0 Å². The topological polar surface area (TPSA) is 34.1 Å². The Morgan fingerprint density at radius 1 is 1.43 bits per heavy atom. The number of benzene rings is 1. The van der Waals surface area contributed by atoms with E-state index in [1.54, 1.807) is 30.6 Å². The fourth-order valence-electron chi connectivity index (χ4n) is 1.97. The summed E-state index contributed by atoms with van der Waals surface area (Å²) in [5, 5.41) is 4.45. The molecular weight excluding hydrogens is 311 g/mol. The lowest BCUT2D eigenvalue weighted by molar-refractivity contribution is 0.197. The zero-order valence-electron chi connectivity index (χ0n) is 12.2. The lowest BCUT2D eigenvalue weighted by Crippen LogP contribution is -2.26. The third-order valence-corrected chi connectivity index (χ3v) is 4.65. The number of nitrogens with one attached hydrogen (secondary N) is 1. The van der Waals surface area contributed by atoms with Crippen LogP contribution in [0.2, 0.25) is 5.02 Å². The third kappa shape index (κ3) is 4.01. The van der Waals surface area contributed by atoms with Crippen molar-refractivity contribution in [3.63, 3.8) is 0 Å². The quantitative estimate of drug-likeness (QED) is 0.817. The summed E-state index contributed by atoms with van der Waals surface area (Å²) in [7, 11) is 1.66. The molecule has 1 unspecified atom stereocenters. The molecule has 1 aromatic heterocycles. The highest BCUT2D eigenvalue weighted by Gasteiger charge is 2.19. The largest absolute Gasteiger partial charge is 0.383 e. The monoisotopic (exact) mass is 328 g/mol. The van der Waals surface area contributed by atoms with Gasteiger partial charge in [0.2, 0.25) is 0 Å². The molecule has 0 spiro atoms. The minimum atomic E-state index is -0.414. The van der Waals surface area contributed by atoms with Crippen LogP contribution in [0.25, 0.3) is 0 Å². The van der Waals surface area contributed by atoms with Crippen molar-refractivity contribution in [2.75, 3.05) is 20.3 Å². The number of aryl methyl sites for hydroxylation is 2. The van der Waals surface area contributed by atoms with Crippen molar-refractivity contribution in [1.82, 2.24) is 10.3 Å². The predicted octanol–water partition coefficient (Wildman–Crippen LogP) is 3.88. The summed E-state index contributed by atoms with van der Waals surface area (Å²) in [6.45, 7) is 5.29. The maximum atomic E-state index is 13.4. The van der Waals surface area contributed by atoms with Crippen molar-refractivity contribution in [1.29, 1.82) is 0 Å². The zero-order chi connectivity index (χ0) is 15.4. The van der Waals surface area contributed by atoms with E-state index < -0.39 is 5.82 Å². The van der Waals surface area contributed by atoms with Crippen LogP contribution in [0.3, 0.4) is 0 Å². The number of ether oxygens (including phenoxy) is 1. The molecule has 0 aliphatic heterocycles. The molecule has 2 rings (SSSR count). The number of methoxy groups -OCH3 is 1. The van der Waals surface area contributed by atoms with Gasteiger partial charge in [0.1, 0.15) is 10.8 Å². The summed E-state index contributed by atoms with van der Waals surface area (Å²) in [6, 6.07) is 4.65. The van der Waals surface area contributed by atoms with Gasteiger partial charge in [-0.05, 0) is 31.5 Å². The molecule has 1 heterocycles. The van der Waals surface area contributed by atoms with E-state index in [-0.39, 0.29) is 11.1 Å². The maximum Gasteiger partial charge on any atom is 0.141 e. The summed E-state index contributed by atoms with van der Waals surface area (Å²) in [5.41, 5.74) is 1.91. The molecule has 0 aliphatic carbocycles. The second-order valence-electron chi connectivity index (χ2n) is 4.75. The molecule has 6 heteroatoms. The summed E-state index contributed by atoms with van der Waals surface area (Å²) in [5.74, 6) is -0.414. The van der Waals surface area contributed by atoms with Crippen LogP contribution in [0.1, 0.15) is 27.2 Å². The van der Waals surface area contributed by atoms with E-state index in [0.29, 0.717) is 13.2 Å². The molecule has 0 fully saturated rings. The van der Waals surface area contributed by atoms with Gasteiger partial charge < -0.3 is 10.1 Å². The second-order valence-corrected chi connectivity index (χ2v) is 6.39. The van der Waals surface area contributed by atoms with Crippen LogP contribution in [-0.4, -0.2) is 25.2 Å². The van der Waals surface area contributed by atoms with Crippen molar-refractivity contribution in [2.45, 2.75) is 19.9 Å². The summed E-state index contributed by atoms with van der Waals surface area (Å²) >= 11 is 7.53. The number of hydrogen-bond acceptors (Lipinski definition) is 4. The van der Waals surface area contributed by atoms with Gasteiger partial charge >= 0.3 is 0 Å². The molecular formula is C15H18ClFN2OS. The lowest BCUT2D eigenvalue weighted by Gasteiger charge is -2.17. The SMILES string of the molecule is COCCNC(c1ccc(F)c(Cl)c1)c1nc(C)c(C)s1. The van der Waals surface area contributed by atoms with Crippen molar-refractivity contribution in [3.8, 4) is 0 Å². The Labute approximate surface area is 133 Å². The van der Waals surface area contributed by atoms with Crippen molar-refractivity contribution >= 4 is 22.9 Å². The average molecular weight is 329 g/mol. The Kier molecular flexibility index (Phi) is 5.70. The normalized spacial score (nSPS) is 12.6. The Bertz CT molecular complexity index is 598. The molecule has 1 N–H and O–H groups in total. The first-order valence-electron chi connectivity index (χ1n) is 6.64. The first kappa shape index (κ1) is 16.4. The number of aromatic nitrogens is 1. The van der Waals surface area contributed by atoms with E-state index >= 15 is 0 Å². The number of rotatable bonds is 6. The first-order valence-corrected chi connectivity index (χ1v) is 7.83. The number of halogens is 2. The number of thiazole rings is 1. The van der Waals surface area contributed by atoms with E-state index in [1.807, 2.05) is 13.8 Å². The Morgan fingerprint density at radius 2 is 2.19 bits per heavy atom. The predicted molar refractivity (Wildman–Crippen MR) is 84.7 cm³/mol. The van der Waals surface area contributed by atoms with E-state index in [2.05, 4.69) is 10.3 Å². The highest BCUT2D eigenvalue weighted by Crippen LogP contribution is 2.30. The smallest absolute Gasteiger partial charge is 0.141 e. The molecule has 1 aromatic carbocycles. The molecule has 114 valence electrons. The van der Waals surface area contributed by atoms with Crippen LogP contribution in [-0.2, 0) is 4.74 Å². The average Bonchev–Trinajstić information content (AvgIpc) is 2.78. The molecule has 0 radical (unpaired) electrons. The number of nitrogens with zero attached hydrogens (tertiary/aromatic N) is 1. The van der Waals surface area contributed by atoms with Crippen LogP contribution in [0, 0.1) is 19.7 Å². The molecule has 21 heavy (non-hydrogen) atoms. The van der Waals surface area contributed by atoms with Gasteiger partial charge in [0, 0.05) is 18.5 Å². The van der Waals surface area contributed by atoms with E-state index in [9.17, 15) is 4.39 Å². The lowest BCUT2D eigenvalue weighted by atomic mass is 10.1. The maximum absolute atomic E-state index is 13.4. The Morgan fingerprint density at radius 3 is 2.76 bits per heavy atom. The van der Waals surface area contributed by atoms with Crippen LogP contribution < -0.4 is 5.32 Å². The van der Waals surface area contributed by atoms with Crippen molar-refractivity contribution < 1.29 is 9.13 Å². The van der Waals surface area contributed by atoms with Gasteiger partial charge in [-0.3, -0.25) is 0 Å². The minimum Gasteiger partial charge on any atom is -0.383 e. The van der Waals surface area contributed by atoms with E-state index in [4.69, 9.17) is 16.3 Å². The molecule has 0 amide bonds. The van der Waals surface area contributed by atoms with Crippen LogP contribution in [0.15, 0.2) is 18.2 Å². The van der Waals surface area contributed by atoms with Gasteiger partial charge in [0.05, 0.1) is 23.4 Å². The molecule has 3 nitrogen and oxygen atoms in total. The van der Waals surface area contributed by atoms with Gasteiger partial charge in [0.25, 0.3) is 0 Å². The van der Waals surface area contributed by atoms with E-state index in [0.717, 1.165) is 16.3 Å². The standard InChI is InChI=1S/C15H18ClFN2OS/c1-9-10(2)21-15(19-9)14(18-6-7-20-3)11-4-5-13(17)12(16)8-11/h4-5,8,14,18H,6-7H2,1-3H3. The van der Waals surface area contributed by atoms with Gasteiger partial charge in [-0.2, -0.15) is 0 Å². The minimum absolute atomic E-state index is 0.115. The highest BCUT2D eigenvalue weighted by molar-refractivity contribution is 7.11. The highest BCUT2D eigenvalue weighted by atomic mass is 35.5. The van der Waals surface area contributed by atoms with Crippen LogP contribution in [0.5, 0.6) is 0 Å². The van der Waals surface area contributed by atoms with Gasteiger partial charge in [-0.25, -0.2) is 9.37 Å². The molecule has 0 saturated carbocycles. The zero-order valence-corrected chi connectivity index (χ0v) is 13.8. The molecule has 2 aromatic rings. The summed E-state index contributed by atoms with van der Waals surface area (Å²) < 4.78 is 18.4. The van der Waals surface area contributed by atoms with Gasteiger partial charge in [-0.1, -0.05) is 17.7 Å². The fourth-order valence-corrected chi connectivity index (χ4v) is 3.18. The summed E-state index contributed by atoms with van der Waals surface area (Å²) in [6.07, 6.45) is 0. The van der Waals surface area contributed by atoms with Crippen molar-refractivity contribution in [3.05, 3.63) is 50.2 Å². The van der Waals surface area contributed by atoms with Crippen molar-refractivity contribution in [2.24, 2.45) is 0 Å². The fraction of sp³-hybridized carbons (Fsp3) is 0.400. The first-order chi connectivity index (χ1) is 10.0. The second kappa shape index (κ2) is 7.31. The Hall–Kier alpha value is -1.01. The van der Waals surface area contributed by atoms with Crippen LogP contribution >= 0.6 is 22.9 Å².